The molecule has 1 aromatic heterocycles. The molecule has 118 valence electrons. The highest BCUT2D eigenvalue weighted by Crippen LogP contribution is 2.20. The second kappa shape index (κ2) is 6.52. The average Bonchev–Trinajstić information content (AvgIpc) is 2.83. The second-order valence-electron chi connectivity index (χ2n) is 6.18. The van der Waals surface area contributed by atoms with E-state index in [2.05, 4.69) is 16.9 Å². The summed E-state index contributed by atoms with van der Waals surface area (Å²) >= 11 is 11.8. The molecule has 2 heterocycles. The first kappa shape index (κ1) is 15.7. The lowest BCUT2D eigenvalue weighted by Crippen LogP contribution is -2.36. The summed E-state index contributed by atoms with van der Waals surface area (Å²) in [5, 5.41) is 5.20. The SMILES string of the molecule is Cc1ccc(-n2cnn(CN3CCCC(C)C3)c2=S)cc1Cl. The van der Waals surface area contributed by atoms with E-state index in [0.717, 1.165) is 41.9 Å². The van der Waals surface area contributed by atoms with Crippen molar-refractivity contribution in [3.63, 3.8) is 0 Å². The highest BCUT2D eigenvalue weighted by atomic mass is 35.5. The van der Waals surface area contributed by atoms with E-state index in [1.165, 1.54) is 12.8 Å². The van der Waals surface area contributed by atoms with Crippen LogP contribution in [0.2, 0.25) is 5.02 Å². The molecule has 0 spiro atoms. The molecule has 1 saturated heterocycles. The number of hydrogen-bond acceptors (Lipinski definition) is 3. The first-order valence-electron chi connectivity index (χ1n) is 7.68. The van der Waals surface area contributed by atoms with E-state index in [0.29, 0.717) is 4.77 Å². The molecular weight excluding hydrogens is 316 g/mol. The zero-order chi connectivity index (χ0) is 15.7. The van der Waals surface area contributed by atoms with Crippen LogP contribution in [-0.4, -0.2) is 32.3 Å². The summed E-state index contributed by atoms with van der Waals surface area (Å²) in [4.78, 5) is 2.42. The topological polar surface area (TPSA) is 26.0 Å². The number of benzene rings is 1. The lowest BCUT2D eigenvalue weighted by Gasteiger charge is -2.30. The molecule has 4 nitrogen and oxygen atoms in total. The molecule has 6 heteroatoms. The minimum atomic E-state index is 0.707. The molecule has 0 bridgehead atoms. The number of halogens is 1. The van der Waals surface area contributed by atoms with Gasteiger partial charge >= 0.3 is 0 Å². The summed E-state index contributed by atoms with van der Waals surface area (Å²) in [6.07, 6.45) is 4.34. The Bertz CT molecular complexity index is 721. The van der Waals surface area contributed by atoms with Gasteiger partial charge in [-0.05, 0) is 62.1 Å². The van der Waals surface area contributed by atoms with Crippen LogP contribution in [0.25, 0.3) is 5.69 Å². The lowest BCUT2D eigenvalue weighted by molar-refractivity contribution is 0.138. The number of piperidine rings is 1. The number of hydrogen-bond donors (Lipinski definition) is 0. The quantitative estimate of drug-likeness (QED) is 0.791. The normalized spacial score (nSPS) is 19.5. The third kappa shape index (κ3) is 3.26. The maximum atomic E-state index is 6.21. The zero-order valence-corrected chi connectivity index (χ0v) is 14.6. The van der Waals surface area contributed by atoms with E-state index in [9.17, 15) is 0 Å². The maximum Gasteiger partial charge on any atom is 0.203 e. The zero-order valence-electron chi connectivity index (χ0n) is 13.0. The van der Waals surface area contributed by atoms with Gasteiger partial charge in [-0.2, -0.15) is 5.10 Å². The van der Waals surface area contributed by atoms with Crippen LogP contribution < -0.4 is 0 Å². The molecule has 1 aliphatic rings. The fourth-order valence-electron chi connectivity index (χ4n) is 2.95. The third-order valence-electron chi connectivity index (χ3n) is 4.24. The van der Waals surface area contributed by atoms with Gasteiger partial charge in [0.15, 0.2) is 0 Å². The molecule has 3 rings (SSSR count). The molecule has 0 saturated carbocycles. The van der Waals surface area contributed by atoms with Crippen molar-refractivity contribution in [3.05, 3.63) is 39.9 Å². The van der Waals surface area contributed by atoms with Gasteiger partial charge in [-0.25, -0.2) is 4.68 Å². The van der Waals surface area contributed by atoms with Crippen molar-refractivity contribution < 1.29 is 0 Å². The average molecular weight is 337 g/mol. The standard InChI is InChI=1S/C16H21ClN4S/c1-12-4-3-7-19(9-12)11-21-16(22)20(10-18-21)14-6-5-13(2)15(17)8-14/h5-6,8,10,12H,3-4,7,9,11H2,1-2H3. The van der Waals surface area contributed by atoms with Gasteiger partial charge in [-0.15, -0.1) is 0 Å². The molecular formula is C16H21ClN4S. The number of nitrogens with zero attached hydrogens (tertiary/aromatic N) is 4. The van der Waals surface area contributed by atoms with E-state index < -0.39 is 0 Å². The Morgan fingerprint density at radius 1 is 1.41 bits per heavy atom. The fraction of sp³-hybridized carbons (Fsp3) is 0.500. The minimum absolute atomic E-state index is 0.707. The molecule has 0 radical (unpaired) electrons. The second-order valence-corrected chi connectivity index (χ2v) is 6.95. The largest absolute Gasteiger partial charge is 0.284 e. The van der Waals surface area contributed by atoms with Gasteiger partial charge in [0.1, 0.15) is 6.33 Å². The first-order chi connectivity index (χ1) is 10.5. The van der Waals surface area contributed by atoms with Gasteiger partial charge in [0.25, 0.3) is 0 Å². The molecule has 2 aromatic rings. The summed E-state index contributed by atoms with van der Waals surface area (Å²) in [5.74, 6) is 0.751. The predicted octanol–water partition coefficient (Wildman–Crippen LogP) is 4.05. The molecule has 1 aliphatic heterocycles. The molecule has 0 aliphatic carbocycles. The van der Waals surface area contributed by atoms with Crippen molar-refractivity contribution in [1.82, 2.24) is 19.2 Å². The fourth-order valence-corrected chi connectivity index (χ4v) is 3.38. The summed E-state index contributed by atoms with van der Waals surface area (Å²) in [6, 6.07) is 5.96. The molecule has 1 fully saturated rings. The predicted molar refractivity (Wildman–Crippen MR) is 92.1 cm³/mol. The van der Waals surface area contributed by atoms with E-state index in [1.54, 1.807) is 6.33 Å². The Morgan fingerprint density at radius 3 is 2.95 bits per heavy atom. The Labute approximate surface area is 141 Å². The third-order valence-corrected chi connectivity index (χ3v) is 5.06. The van der Waals surface area contributed by atoms with Crippen molar-refractivity contribution >= 4 is 23.8 Å². The van der Waals surface area contributed by atoms with Crippen molar-refractivity contribution in [1.29, 1.82) is 0 Å². The van der Waals surface area contributed by atoms with E-state index in [1.807, 2.05) is 34.4 Å². The van der Waals surface area contributed by atoms with E-state index in [4.69, 9.17) is 23.8 Å². The maximum absolute atomic E-state index is 6.21. The van der Waals surface area contributed by atoms with Gasteiger partial charge in [0.05, 0.1) is 12.4 Å². The summed E-state index contributed by atoms with van der Waals surface area (Å²) < 4.78 is 4.51. The van der Waals surface area contributed by atoms with Crippen LogP contribution in [0.1, 0.15) is 25.3 Å². The number of likely N-dealkylation sites (tertiary alicyclic amines) is 1. The number of rotatable bonds is 3. The van der Waals surface area contributed by atoms with Crippen molar-refractivity contribution in [2.24, 2.45) is 5.92 Å². The van der Waals surface area contributed by atoms with Gasteiger partial charge in [0.2, 0.25) is 4.77 Å². The highest BCUT2D eigenvalue weighted by molar-refractivity contribution is 7.71. The van der Waals surface area contributed by atoms with Gasteiger partial charge in [0, 0.05) is 11.6 Å². The van der Waals surface area contributed by atoms with Crippen LogP contribution in [0.5, 0.6) is 0 Å². The molecule has 22 heavy (non-hydrogen) atoms. The van der Waals surface area contributed by atoms with Crippen LogP contribution in [0.4, 0.5) is 0 Å². The highest BCUT2D eigenvalue weighted by Gasteiger charge is 2.17. The van der Waals surface area contributed by atoms with Crippen molar-refractivity contribution in [2.75, 3.05) is 13.1 Å². The van der Waals surface area contributed by atoms with Crippen LogP contribution in [0, 0.1) is 17.6 Å². The molecule has 0 amide bonds. The summed E-state index contributed by atoms with van der Waals surface area (Å²) in [7, 11) is 0. The summed E-state index contributed by atoms with van der Waals surface area (Å²) in [5.41, 5.74) is 2.02. The molecule has 1 atom stereocenters. The van der Waals surface area contributed by atoms with Gasteiger partial charge in [-0.3, -0.25) is 9.47 Å². The van der Waals surface area contributed by atoms with E-state index >= 15 is 0 Å². The number of aromatic nitrogens is 3. The van der Waals surface area contributed by atoms with Crippen molar-refractivity contribution in [3.8, 4) is 5.69 Å². The molecule has 1 unspecified atom stereocenters. The lowest BCUT2D eigenvalue weighted by atomic mass is 10.0. The van der Waals surface area contributed by atoms with Crippen LogP contribution in [-0.2, 0) is 6.67 Å². The minimum Gasteiger partial charge on any atom is -0.284 e. The monoisotopic (exact) mass is 336 g/mol. The van der Waals surface area contributed by atoms with Crippen LogP contribution >= 0.6 is 23.8 Å². The smallest absolute Gasteiger partial charge is 0.203 e. The molecule has 1 aromatic carbocycles. The Morgan fingerprint density at radius 2 is 2.23 bits per heavy atom. The van der Waals surface area contributed by atoms with Crippen molar-refractivity contribution in [2.45, 2.75) is 33.4 Å². The molecule has 0 N–H and O–H groups in total. The summed E-state index contributed by atoms with van der Waals surface area (Å²) in [6.45, 7) is 7.29. The number of aryl methyl sites for hydroxylation is 1. The Balaban J connectivity index is 1.82. The first-order valence-corrected chi connectivity index (χ1v) is 8.46. The van der Waals surface area contributed by atoms with E-state index in [-0.39, 0.29) is 0 Å². The Hall–Kier alpha value is -1.17. The van der Waals surface area contributed by atoms with Crippen LogP contribution in [0.15, 0.2) is 24.5 Å². The van der Waals surface area contributed by atoms with Gasteiger partial charge < -0.3 is 0 Å². The van der Waals surface area contributed by atoms with Gasteiger partial charge in [-0.1, -0.05) is 24.6 Å². The van der Waals surface area contributed by atoms with Crippen LogP contribution in [0.3, 0.4) is 0 Å². The Kier molecular flexibility index (Phi) is 4.66.